The maximum absolute atomic E-state index is 13.4. The van der Waals surface area contributed by atoms with E-state index in [9.17, 15) is 9.59 Å². The highest BCUT2D eigenvalue weighted by Gasteiger charge is 2.43. The molecule has 0 unspecified atom stereocenters. The van der Waals surface area contributed by atoms with E-state index < -0.39 is 6.04 Å². The molecule has 0 spiro atoms. The summed E-state index contributed by atoms with van der Waals surface area (Å²) in [6.45, 7) is 4.16. The molecule has 3 aliphatic rings. The number of benzene rings is 1. The predicted octanol–water partition coefficient (Wildman–Crippen LogP) is 2.81. The number of carbonyl (C=O) groups excluding carboxylic acids is 2. The number of carbonyl (C=O) groups is 2. The van der Waals surface area contributed by atoms with E-state index in [0.29, 0.717) is 31.9 Å². The van der Waals surface area contributed by atoms with Crippen molar-refractivity contribution in [3.8, 4) is 0 Å². The fraction of sp³-hybridized carbons (Fsp3) is 0.474. The highest BCUT2D eigenvalue weighted by molar-refractivity contribution is 9.10. The number of nitrogens with one attached hydrogen (secondary N) is 1. The maximum Gasteiger partial charge on any atom is 0.322 e. The minimum Gasteiger partial charge on any atom is -0.378 e. The van der Waals surface area contributed by atoms with Crippen LogP contribution < -0.4 is 5.32 Å². The number of amides is 3. The topological polar surface area (TPSA) is 61.9 Å². The highest BCUT2D eigenvalue weighted by Crippen LogP contribution is 2.39. The Morgan fingerprint density at radius 3 is 2.58 bits per heavy atom. The van der Waals surface area contributed by atoms with Crippen molar-refractivity contribution >= 4 is 27.9 Å². The van der Waals surface area contributed by atoms with Gasteiger partial charge >= 0.3 is 6.03 Å². The summed E-state index contributed by atoms with van der Waals surface area (Å²) in [6.07, 6.45) is 1.98. The van der Waals surface area contributed by atoms with Crippen molar-refractivity contribution in [2.24, 2.45) is 0 Å². The van der Waals surface area contributed by atoms with Crippen LogP contribution in [0.25, 0.3) is 0 Å². The van der Waals surface area contributed by atoms with Crippen molar-refractivity contribution in [3.05, 3.63) is 45.6 Å². The molecule has 2 heterocycles. The second-order valence-corrected chi connectivity index (χ2v) is 7.76. The van der Waals surface area contributed by atoms with Gasteiger partial charge in [0, 0.05) is 29.3 Å². The highest BCUT2D eigenvalue weighted by atomic mass is 79.9. The zero-order valence-corrected chi connectivity index (χ0v) is 16.3. The summed E-state index contributed by atoms with van der Waals surface area (Å²) in [5, 5.41) is 3.07. The van der Waals surface area contributed by atoms with Crippen LogP contribution in [0.2, 0.25) is 0 Å². The number of allylic oxidation sites excluding steroid dienone is 1. The second kappa shape index (κ2) is 7.04. The lowest BCUT2D eigenvalue weighted by atomic mass is 9.93. The van der Waals surface area contributed by atoms with Crippen LogP contribution in [-0.4, -0.2) is 54.1 Å². The number of hydrogen-bond donors (Lipinski definition) is 1. The standard InChI is InChI=1S/C19H22BrN3O3/c1-12-16(18(24)22-8-10-26-11-9-22)17(14-4-2-3-5-15(14)20)21-19(25)23(12)13-6-7-13/h2-5,13,17H,6-11H2,1H3,(H,21,25)/t17-/m1/s1. The Bertz CT molecular complexity index is 769. The summed E-state index contributed by atoms with van der Waals surface area (Å²) in [6, 6.07) is 7.36. The van der Waals surface area contributed by atoms with Gasteiger partial charge < -0.3 is 15.0 Å². The van der Waals surface area contributed by atoms with E-state index in [4.69, 9.17) is 4.74 Å². The zero-order chi connectivity index (χ0) is 18.3. The molecule has 138 valence electrons. The minimum atomic E-state index is -0.455. The smallest absolute Gasteiger partial charge is 0.322 e. The quantitative estimate of drug-likeness (QED) is 0.818. The molecule has 1 saturated carbocycles. The maximum atomic E-state index is 13.4. The number of nitrogens with zero attached hydrogens (tertiary/aromatic N) is 2. The molecule has 4 rings (SSSR count). The summed E-state index contributed by atoms with van der Waals surface area (Å²) in [4.78, 5) is 29.7. The molecule has 3 amide bonds. The van der Waals surface area contributed by atoms with Crippen LogP contribution in [0.4, 0.5) is 4.79 Å². The molecule has 0 bridgehead atoms. The van der Waals surface area contributed by atoms with Crippen molar-refractivity contribution in [2.75, 3.05) is 26.3 Å². The van der Waals surface area contributed by atoms with Gasteiger partial charge in [0.05, 0.1) is 24.8 Å². The fourth-order valence-corrected chi connectivity index (χ4v) is 4.20. The monoisotopic (exact) mass is 419 g/mol. The van der Waals surface area contributed by atoms with Crippen LogP contribution in [-0.2, 0) is 9.53 Å². The summed E-state index contributed by atoms with van der Waals surface area (Å²) in [5.41, 5.74) is 2.33. The lowest BCUT2D eigenvalue weighted by molar-refractivity contribution is -0.131. The molecule has 0 aromatic heterocycles. The molecule has 1 N–H and O–H groups in total. The Hall–Kier alpha value is -1.86. The second-order valence-electron chi connectivity index (χ2n) is 6.91. The van der Waals surface area contributed by atoms with Gasteiger partial charge in [0.2, 0.25) is 0 Å². The van der Waals surface area contributed by atoms with Crippen LogP contribution in [0.5, 0.6) is 0 Å². The average molecular weight is 420 g/mol. The Morgan fingerprint density at radius 1 is 1.23 bits per heavy atom. The Balaban J connectivity index is 1.77. The number of halogens is 1. The minimum absolute atomic E-state index is 0.0165. The molecular weight excluding hydrogens is 398 g/mol. The molecule has 2 aliphatic heterocycles. The Kier molecular flexibility index (Phi) is 4.75. The molecule has 2 fully saturated rings. The van der Waals surface area contributed by atoms with Gasteiger partial charge in [0.15, 0.2) is 0 Å². The van der Waals surface area contributed by atoms with Crippen LogP contribution in [0.15, 0.2) is 40.0 Å². The van der Waals surface area contributed by atoms with Gasteiger partial charge in [0.1, 0.15) is 0 Å². The van der Waals surface area contributed by atoms with Crippen molar-refractivity contribution in [1.82, 2.24) is 15.1 Å². The molecule has 1 aromatic rings. The summed E-state index contributed by atoms with van der Waals surface area (Å²) in [7, 11) is 0. The normalized spacial score (nSPS) is 23.9. The van der Waals surface area contributed by atoms with E-state index in [-0.39, 0.29) is 18.0 Å². The molecule has 1 aliphatic carbocycles. The molecule has 7 heteroatoms. The third-order valence-electron chi connectivity index (χ3n) is 5.18. The van der Waals surface area contributed by atoms with Crippen molar-refractivity contribution in [1.29, 1.82) is 0 Å². The molecule has 1 aromatic carbocycles. The predicted molar refractivity (Wildman–Crippen MR) is 100 cm³/mol. The van der Waals surface area contributed by atoms with E-state index in [1.165, 1.54) is 0 Å². The summed E-state index contributed by atoms with van der Waals surface area (Å²) in [5.74, 6) is -0.0165. The van der Waals surface area contributed by atoms with Crippen LogP contribution >= 0.6 is 15.9 Å². The first-order valence-electron chi connectivity index (χ1n) is 9.00. The third-order valence-corrected chi connectivity index (χ3v) is 5.91. The Labute approximate surface area is 161 Å². The molecule has 0 radical (unpaired) electrons. The van der Waals surface area contributed by atoms with Crippen molar-refractivity contribution < 1.29 is 14.3 Å². The molecule has 1 saturated heterocycles. The zero-order valence-electron chi connectivity index (χ0n) is 14.7. The van der Waals surface area contributed by atoms with Gasteiger partial charge in [-0.25, -0.2) is 4.79 Å². The van der Waals surface area contributed by atoms with E-state index in [2.05, 4.69) is 21.2 Å². The number of rotatable bonds is 3. The molecular formula is C19H22BrN3O3. The first-order chi connectivity index (χ1) is 12.6. The van der Waals surface area contributed by atoms with Crippen LogP contribution in [0.3, 0.4) is 0 Å². The Morgan fingerprint density at radius 2 is 1.92 bits per heavy atom. The van der Waals surface area contributed by atoms with E-state index >= 15 is 0 Å². The van der Waals surface area contributed by atoms with E-state index in [1.807, 2.05) is 36.1 Å². The SMILES string of the molecule is CC1=C(C(=O)N2CCOCC2)[C@@H](c2ccccc2Br)NC(=O)N1C1CC1. The van der Waals surface area contributed by atoms with Gasteiger partial charge in [-0.15, -0.1) is 0 Å². The van der Waals surface area contributed by atoms with Gasteiger partial charge in [-0.3, -0.25) is 9.69 Å². The van der Waals surface area contributed by atoms with E-state index in [1.54, 1.807) is 4.90 Å². The summed E-state index contributed by atoms with van der Waals surface area (Å²) >= 11 is 3.57. The van der Waals surface area contributed by atoms with Gasteiger partial charge in [0.25, 0.3) is 5.91 Å². The van der Waals surface area contributed by atoms with Gasteiger partial charge in [-0.1, -0.05) is 34.1 Å². The average Bonchev–Trinajstić information content (AvgIpc) is 3.47. The first-order valence-corrected chi connectivity index (χ1v) is 9.79. The summed E-state index contributed by atoms with van der Waals surface area (Å²) < 4.78 is 6.26. The number of morpholine rings is 1. The first kappa shape index (κ1) is 17.5. The number of hydrogen-bond acceptors (Lipinski definition) is 3. The van der Waals surface area contributed by atoms with Gasteiger partial charge in [-0.05, 0) is 31.4 Å². The van der Waals surface area contributed by atoms with Crippen molar-refractivity contribution in [2.45, 2.75) is 31.8 Å². The number of ether oxygens (including phenoxy) is 1. The fourth-order valence-electron chi connectivity index (χ4n) is 3.69. The third kappa shape index (κ3) is 3.14. The largest absolute Gasteiger partial charge is 0.378 e. The van der Waals surface area contributed by atoms with Crippen molar-refractivity contribution in [3.63, 3.8) is 0 Å². The van der Waals surface area contributed by atoms with Gasteiger partial charge in [-0.2, -0.15) is 0 Å². The number of urea groups is 1. The lowest BCUT2D eigenvalue weighted by Gasteiger charge is -2.38. The molecule has 6 nitrogen and oxygen atoms in total. The van der Waals surface area contributed by atoms with Crippen LogP contribution in [0, 0.1) is 0 Å². The van der Waals surface area contributed by atoms with Crippen LogP contribution in [0.1, 0.15) is 31.4 Å². The van der Waals surface area contributed by atoms with E-state index in [0.717, 1.165) is 28.6 Å². The lowest BCUT2D eigenvalue weighted by Crippen LogP contribution is -2.51. The molecule has 26 heavy (non-hydrogen) atoms. The molecule has 1 atom stereocenters.